The Labute approximate surface area is 162 Å². The summed E-state index contributed by atoms with van der Waals surface area (Å²) in [7, 11) is 0. The summed E-state index contributed by atoms with van der Waals surface area (Å²) in [6.45, 7) is 1.67. The number of aryl methyl sites for hydroxylation is 1. The van der Waals surface area contributed by atoms with Crippen LogP contribution in [0.25, 0.3) is 17.0 Å². The van der Waals surface area contributed by atoms with E-state index < -0.39 is 5.92 Å². The molecule has 0 bridgehead atoms. The largest absolute Gasteiger partial charge is 0.395 e. The van der Waals surface area contributed by atoms with Gasteiger partial charge in [-0.25, -0.2) is 9.97 Å². The molecule has 0 fully saturated rings. The van der Waals surface area contributed by atoms with Gasteiger partial charge in [0, 0.05) is 29.8 Å². The van der Waals surface area contributed by atoms with Gasteiger partial charge in [-0.2, -0.15) is 0 Å². The summed E-state index contributed by atoms with van der Waals surface area (Å²) in [4.78, 5) is 21.6. The molecule has 4 rings (SSSR count). The van der Waals surface area contributed by atoms with E-state index in [1.54, 1.807) is 6.20 Å². The molecule has 0 spiro atoms. The number of aromatic nitrogens is 3. The first-order valence-electron chi connectivity index (χ1n) is 9.03. The van der Waals surface area contributed by atoms with Gasteiger partial charge in [0.2, 0.25) is 11.7 Å². The van der Waals surface area contributed by atoms with Gasteiger partial charge in [0.15, 0.2) is 0 Å². The standard InChI is InChI=1S/C22H20N4O2/c1-15-8-9-17(20-13-26-11-5-10-23-22(26)25-20)12-19(15)24-21(28)18(14-27)16-6-3-2-4-7-16/h2-13,18,27H,14H2,1H3,(H,24,28). The van der Waals surface area contributed by atoms with Gasteiger partial charge in [0.1, 0.15) is 0 Å². The Hall–Kier alpha value is -3.51. The number of fused-ring (bicyclic) bond motifs is 1. The third-order valence-electron chi connectivity index (χ3n) is 4.73. The van der Waals surface area contributed by atoms with Crippen LogP contribution >= 0.6 is 0 Å². The quantitative estimate of drug-likeness (QED) is 0.563. The maximum absolute atomic E-state index is 12.8. The van der Waals surface area contributed by atoms with Crippen molar-refractivity contribution in [2.24, 2.45) is 0 Å². The van der Waals surface area contributed by atoms with Crippen LogP contribution < -0.4 is 5.32 Å². The number of rotatable bonds is 5. The Kier molecular flexibility index (Phi) is 4.87. The van der Waals surface area contributed by atoms with Crippen LogP contribution in [0.4, 0.5) is 5.69 Å². The minimum absolute atomic E-state index is 0.245. The van der Waals surface area contributed by atoms with Crippen molar-refractivity contribution in [2.75, 3.05) is 11.9 Å². The predicted octanol–water partition coefficient (Wildman–Crippen LogP) is 3.42. The highest BCUT2D eigenvalue weighted by atomic mass is 16.3. The Bertz CT molecular complexity index is 1090. The van der Waals surface area contributed by atoms with Crippen LogP contribution in [0.15, 0.2) is 73.2 Å². The fraction of sp³-hybridized carbons (Fsp3) is 0.136. The number of aliphatic hydroxyl groups is 1. The number of imidazole rings is 1. The molecule has 2 N–H and O–H groups in total. The topological polar surface area (TPSA) is 79.5 Å². The summed E-state index contributed by atoms with van der Waals surface area (Å²) in [5.41, 5.74) is 4.07. The monoisotopic (exact) mass is 372 g/mol. The number of carbonyl (C=O) groups is 1. The summed E-state index contributed by atoms with van der Waals surface area (Å²) < 4.78 is 1.85. The second-order valence-corrected chi connectivity index (χ2v) is 6.62. The number of carbonyl (C=O) groups excluding carboxylic acids is 1. The second kappa shape index (κ2) is 7.62. The molecule has 28 heavy (non-hydrogen) atoms. The van der Waals surface area contributed by atoms with Gasteiger partial charge in [-0.15, -0.1) is 0 Å². The molecule has 1 atom stereocenters. The van der Waals surface area contributed by atoms with Crippen molar-refractivity contribution in [3.05, 3.63) is 84.3 Å². The van der Waals surface area contributed by atoms with E-state index in [2.05, 4.69) is 15.3 Å². The van der Waals surface area contributed by atoms with Crippen LogP contribution in [-0.4, -0.2) is 32.0 Å². The highest BCUT2D eigenvalue weighted by molar-refractivity contribution is 5.97. The molecule has 0 saturated carbocycles. The molecular formula is C22H20N4O2. The number of hydrogen-bond donors (Lipinski definition) is 2. The molecule has 140 valence electrons. The van der Waals surface area contributed by atoms with E-state index in [1.807, 2.05) is 78.3 Å². The molecule has 6 nitrogen and oxygen atoms in total. The Morgan fingerprint density at radius 3 is 2.75 bits per heavy atom. The van der Waals surface area contributed by atoms with Crippen LogP contribution in [0.5, 0.6) is 0 Å². The molecule has 1 unspecified atom stereocenters. The number of amides is 1. The minimum atomic E-state index is -0.622. The van der Waals surface area contributed by atoms with E-state index >= 15 is 0 Å². The van der Waals surface area contributed by atoms with Crippen LogP contribution in [0.1, 0.15) is 17.0 Å². The molecule has 2 heterocycles. The average molecular weight is 372 g/mol. The zero-order valence-corrected chi connectivity index (χ0v) is 15.4. The molecule has 2 aromatic carbocycles. The highest BCUT2D eigenvalue weighted by Gasteiger charge is 2.20. The SMILES string of the molecule is Cc1ccc(-c2cn3cccnc3n2)cc1NC(=O)C(CO)c1ccccc1. The van der Waals surface area contributed by atoms with Crippen LogP contribution in [0.3, 0.4) is 0 Å². The van der Waals surface area contributed by atoms with Crippen LogP contribution in [0.2, 0.25) is 0 Å². The Morgan fingerprint density at radius 2 is 2.00 bits per heavy atom. The van der Waals surface area contributed by atoms with Gasteiger partial charge in [0.05, 0.1) is 18.2 Å². The zero-order valence-electron chi connectivity index (χ0n) is 15.4. The fourth-order valence-corrected chi connectivity index (χ4v) is 3.13. The van der Waals surface area contributed by atoms with Gasteiger partial charge in [-0.3, -0.25) is 9.20 Å². The maximum Gasteiger partial charge on any atom is 0.234 e. The predicted molar refractivity (Wildman–Crippen MR) is 108 cm³/mol. The zero-order chi connectivity index (χ0) is 19.5. The van der Waals surface area contributed by atoms with Gasteiger partial charge >= 0.3 is 0 Å². The third-order valence-corrected chi connectivity index (χ3v) is 4.73. The van der Waals surface area contributed by atoms with Gasteiger partial charge in [-0.05, 0) is 30.2 Å². The molecule has 2 aromatic heterocycles. The summed E-state index contributed by atoms with van der Waals surface area (Å²) in [6, 6.07) is 16.9. The molecule has 0 aliphatic heterocycles. The van der Waals surface area contributed by atoms with Crippen molar-refractivity contribution in [1.82, 2.24) is 14.4 Å². The number of benzene rings is 2. The summed E-state index contributed by atoms with van der Waals surface area (Å²) in [5.74, 6) is -0.248. The lowest BCUT2D eigenvalue weighted by molar-refractivity contribution is -0.118. The van der Waals surface area contributed by atoms with E-state index in [1.165, 1.54) is 0 Å². The van der Waals surface area contributed by atoms with Crippen molar-refractivity contribution in [1.29, 1.82) is 0 Å². The third kappa shape index (κ3) is 3.50. The van der Waals surface area contributed by atoms with Crippen molar-refractivity contribution >= 4 is 17.4 Å². The lowest BCUT2D eigenvalue weighted by atomic mass is 9.98. The number of hydrogen-bond acceptors (Lipinski definition) is 4. The van der Waals surface area contributed by atoms with E-state index in [9.17, 15) is 9.90 Å². The fourth-order valence-electron chi connectivity index (χ4n) is 3.13. The lowest BCUT2D eigenvalue weighted by Gasteiger charge is -2.16. The van der Waals surface area contributed by atoms with Gasteiger partial charge < -0.3 is 10.4 Å². The number of anilines is 1. The van der Waals surface area contributed by atoms with Crippen molar-refractivity contribution < 1.29 is 9.90 Å². The Balaban J connectivity index is 1.63. The molecule has 0 saturated heterocycles. The molecule has 6 heteroatoms. The number of nitrogens with zero attached hydrogens (tertiary/aromatic N) is 3. The molecular weight excluding hydrogens is 352 g/mol. The van der Waals surface area contributed by atoms with Gasteiger partial charge in [-0.1, -0.05) is 42.5 Å². The average Bonchev–Trinajstić information content (AvgIpc) is 3.15. The van der Waals surface area contributed by atoms with E-state index in [-0.39, 0.29) is 12.5 Å². The molecule has 0 aliphatic carbocycles. The van der Waals surface area contributed by atoms with E-state index in [0.29, 0.717) is 11.5 Å². The second-order valence-electron chi connectivity index (χ2n) is 6.62. The Morgan fingerprint density at radius 1 is 1.18 bits per heavy atom. The van der Waals surface area contributed by atoms with Crippen LogP contribution in [-0.2, 0) is 4.79 Å². The maximum atomic E-state index is 12.8. The van der Waals surface area contributed by atoms with Gasteiger partial charge in [0.25, 0.3) is 0 Å². The molecule has 0 aliphatic rings. The van der Waals surface area contributed by atoms with Crippen molar-refractivity contribution in [2.45, 2.75) is 12.8 Å². The first-order valence-corrected chi connectivity index (χ1v) is 9.03. The summed E-state index contributed by atoms with van der Waals surface area (Å²) >= 11 is 0. The summed E-state index contributed by atoms with van der Waals surface area (Å²) in [6.07, 6.45) is 5.49. The first kappa shape index (κ1) is 17.9. The molecule has 4 aromatic rings. The summed E-state index contributed by atoms with van der Waals surface area (Å²) in [5, 5.41) is 12.7. The number of aliphatic hydroxyl groups excluding tert-OH is 1. The highest BCUT2D eigenvalue weighted by Crippen LogP contribution is 2.26. The lowest BCUT2D eigenvalue weighted by Crippen LogP contribution is -2.24. The molecule has 1 amide bonds. The normalized spacial score (nSPS) is 12.1. The minimum Gasteiger partial charge on any atom is -0.395 e. The van der Waals surface area contributed by atoms with E-state index in [4.69, 9.17) is 0 Å². The number of nitrogens with one attached hydrogen (secondary N) is 1. The van der Waals surface area contributed by atoms with Crippen molar-refractivity contribution in [3.63, 3.8) is 0 Å². The van der Waals surface area contributed by atoms with Crippen molar-refractivity contribution in [3.8, 4) is 11.3 Å². The van der Waals surface area contributed by atoms with Crippen LogP contribution in [0, 0.1) is 6.92 Å². The first-order chi connectivity index (χ1) is 13.7. The van der Waals surface area contributed by atoms with E-state index in [0.717, 1.165) is 22.4 Å². The molecule has 0 radical (unpaired) electrons. The smallest absolute Gasteiger partial charge is 0.234 e.